The molecule has 0 saturated carbocycles. The Morgan fingerprint density at radius 1 is 1.29 bits per heavy atom. The quantitative estimate of drug-likeness (QED) is 0.729. The lowest BCUT2D eigenvalue weighted by molar-refractivity contribution is 0.102. The summed E-state index contributed by atoms with van der Waals surface area (Å²) in [6.45, 7) is 2.78. The molecule has 0 fully saturated rings. The van der Waals surface area contributed by atoms with Crippen LogP contribution in [-0.4, -0.2) is 56.9 Å². The van der Waals surface area contributed by atoms with Gasteiger partial charge in [-0.15, -0.1) is 11.3 Å². The van der Waals surface area contributed by atoms with Crippen LogP contribution >= 0.6 is 11.3 Å². The van der Waals surface area contributed by atoms with Gasteiger partial charge in [0.25, 0.3) is 5.91 Å². The Morgan fingerprint density at radius 3 is 2.55 bits per heavy atom. The van der Waals surface area contributed by atoms with E-state index in [1.54, 1.807) is 11.8 Å². The Bertz CT molecular complexity index is 1150. The maximum absolute atomic E-state index is 12.7. The van der Waals surface area contributed by atoms with Crippen molar-refractivity contribution in [3.05, 3.63) is 45.8 Å². The van der Waals surface area contributed by atoms with Gasteiger partial charge in [0.2, 0.25) is 10.0 Å². The van der Waals surface area contributed by atoms with Crippen LogP contribution in [0.3, 0.4) is 0 Å². The fraction of sp³-hybridized carbons (Fsp3) is 0.350. The van der Waals surface area contributed by atoms with Gasteiger partial charge in [0, 0.05) is 31.1 Å². The number of hydrogen-bond acceptors (Lipinski definition) is 7. The Kier molecular flexibility index (Phi) is 6.64. The van der Waals surface area contributed by atoms with Crippen molar-refractivity contribution < 1.29 is 22.7 Å². The van der Waals surface area contributed by atoms with E-state index in [0.717, 1.165) is 14.7 Å². The molecule has 9 nitrogen and oxygen atoms in total. The predicted octanol–water partition coefficient (Wildman–Crippen LogP) is 2.64. The van der Waals surface area contributed by atoms with E-state index in [-0.39, 0.29) is 17.1 Å². The monoisotopic (exact) mass is 462 g/mol. The first-order chi connectivity index (χ1) is 14.7. The molecule has 1 aromatic carbocycles. The summed E-state index contributed by atoms with van der Waals surface area (Å²) in [5, 5.41) is 12.8. The molecule has 0 saturated heterocycles. The normalized spacial score (nSPS) is 13.5. The third kappa shape index (κ3) is 4.56. The van der Waals surface area contributed by atoms with E-state index in [0.29, 0.717) is 30.1 Å². The van der Waals surface area contributed by atoms with Crippen molar-refractivity contribution in [2.45, 2.75) is 24.8 Å². The number of nitriles is 1. The van der Waals surface area contributed by atoms with Crippen LogP contribution in [0.2, 0.25) is 0 Å². The predicted molar refractivity (Wildman–Crippen MR) is 115 cm³/mol. The zero-order valence-corrected chi connectivity index (χ0v) is 19.0. The summed E-state index contributed by atoms with van der Waals surface area (Å²) < 4.78 is 30.5. The number of hydrogen-bond donors (Lipinski definition) is 1. The van der Waals surface area contributed by atoms with E-state index in [2.05, 4.69) is 11.4 Å². The number of benzene rings is 1. The SMILES string of the molecule is CCOC(=O)N1CCc2c(sc(NC(=O)c3ccc(S(=O)(=O)N(C)C)cc3)c2C#N)C1. The van der Waals surface area contributed by atoms with Crippen LogP contribution in [0.5, 0.6) is 0 Å². The number of amides is 2. The summed E-state index contributed by atoms with van der Waals surface area (Å²) in [5.74, 6) is -0.453. The standard InChI is InChI=1S/C20H22N4O5S2/c1-4-29-20(26)24-10-9-15-16(11-21)19(30-17(15)12-24)22-18(25)13-5-7-14(8-6-13)31(27,28)23(2)3/h5-8H,4,9-10,12H2,1-3H3,(H,22,25). The van der Waals surface area contributed by atoms with Crippen LogP contribution in [-0.2, 0) is 27.7 Å². The lowest BCUT2D eigenvalue weighted by Gasteiger charge is -2.25. The van der Waals surface area contributed by atoms with E-state index in [1.807, 2.05) is 0 Å². The highest BCUT2D eigenvalue weighted by Crippen LogP contribution is 2.37. The fourth-order valence-corrected chi connectivity index (χ4v) is 5.26. The lowest BCUT2D eigenvalue weighted by atomic mass is 10.0. The first kappa shape index (κ1) is 22.7. The fourth-order valence-electron chi connectivity index (χ4n) is 3.14. The van der Waals surface area contributed by atoms with Gasteiger partial charge in [-0.25, -0.2) is 17.5 Å². The van der Waals surface area contributed by atoms with Crippen LogP contribution in [0.15, 0.2) is 29.2 Å². The molecular weight excluding hydrogens is 440 g/mol. The molecule has 0 aliphatic carbocycles. The van der Waals surface area contributed by atoms with Crippen LogP contribution in [0.25, 0.3) is 0 Å². The molecule has 2 aromatic rings. The highest BCUT2D eigenvalue weighted by atomic mass is 32.2. The molecule has 31 heavy (non-hydrogen) atoms. The van der Waals surface area contributed by atoms with E-state index in [4.69, 9.17) is 4.74 Å². The third-order valence-electron chi connectivity index (χ3n) is 4.82. The van der Waals surface area contributed by atoms with Crippen molar-refractivity contribution in [3.63, 3.8) is 0 Å². The third-order valence-corrected chi connectivity index (χ3v) is 7.78. The first-order valence-corrected chi connectivity index (χ1v) is 11.7. The van der Waals surface area contributed by atoms with Gasteiger partial charge in [0.05, 0.1) is 23.6 Å². The topological polar surface area (TPSA) is 120 Å². The smallest absolute Gasteiger partial charge is 0.410 e. The summed E-state index contributed by atoms with van der Waals surface area (Å²) >= 11 is 1.25. The highest BCUT2D eigenvalue weighted by Gasteiger charge is 2.28. The largest absolute Gasteiger partial charge is 0.450 e. The average Bonchev–Trinajstić information content (AvgIpc) is 3.09. The van der Waals surface area contributed by atoms with Gasteiger partial charge in [0.1, 0.15) is 11.1 Å². The summed E-state index contributed by atoms with van der Waals surface area (Å²) in [6, 6.07) is 7.73. The number of nitrogens with zero attached hydrogens (tertiary/aromatic N) is 3. The van der Waals surface area contributed by atoms with Crippen LogP contribution in [0.4, 0.5) is 9.80 Å². The number of carbonyl (C=O) groups excluding carboxylic acids is 2. The van der Waals surface area contributed by atoms with Gasteiger partial charge in [-0.1, -0.05) is 0 Å². The number of sulfonamides is 1. The molecule has 1 aliphatic rings. The minimum Gasteiger partial charge on any atom is -0.450 e. The number of carbonyl (C=O) groups is 2. The van der Waals surface area contributed by atoms with Gasteiger partial charge >= 0.3 is 6.09 Å². The number of anilines is 1. The van der Waals surface area contributed by atoms with Crippen molar-refractivity contribution >= 4 is 38.4 Å². The molecule has 1 aromatic heterocycles. The highest BCUT2D eigenvalue weighted by molar-refractivity contribution is 7.89. The molecule has 0 unspecified atom stereocenters. The van der Waals surface area contributed by atoms with Gasteiger partial charge in [0.15, 0.2) is 0 Å². The maximum Gasteiger partial charge on any atom is 0.410 e. The average molecular weight is 463 g/mol. The first-order valence-electron chi connectivity index (χ1n) is 9.49. The molecule has 0 bridgehead atoms. The zero-order valence-electron chi connectivity index (χ0n) is 17.3. The molecule has 164 valence electrons. The molecule has 0 spiro atoms. The second-order valence-electron chi connectivity index (χ2n) is 6.96. The second kappa shape index (κ2) is 9.05. The molecule has 2 heterocycles. The molecule has 3 rings (SSSR count). The van der Waals surface area contributed by atoms with Gasteiger partial charge < -0.3 is 15.0 Å². The molecular formula is C20H22N4O5S2. The Labute approximate surface area is 184 Å². The molecule has 0 atom stereocenters. The van der Waals surface area contributed by atoms with Crippen molar-refractivity contribution in [1.82, 2.24) is 9.21 Å². The van der Waals surface area contributed by atoms with Crippen molar-refractivity contribution in [2.24, 2.45) is 0 Å². The minimum atomic E-state index is -3.59. The van der Waals surface area contributed by atoms with E-state index in [9.17, 15) is 23.3 Å². The van der Waals surface area contributed by atoms with E-state index >= 15 is 0 Å². The van der Waals surface area contributed by atoms with Crippen molar-refractivity contribution in [2.75, 3.05) is 32.6 Å². The second-order valence-corrected chi connectivity index (χ2v) is 10.2. The molecule has 11 heteroatoms. The molecule has 1 N–H and O–H groups in total. The summed E-state index contributed by atoms with van der Waals surface area (Å²) in [4.78, 5) is 27.2. The van der Waals surface area contributed by atoms with Gasteiger partial charge in [-0.3, -0.25) is 4.79 Å². The maximum atomic E-state index is 12.7. The van der Waals surface area contributed by atoms with Crippen LogP contribution in [0, 0.1) is 11.3 Å². The Morgan fingerprint density at radius 2 is 1.97 bits per heavy atom. The summed E-state index contributed by atoms with van der Waals surface area (Å²) in [6.07, 6.45) is 0.0962. The minimum absolute atomic E-state index is 0.0809. The van der Waals surface area contributed by atoms with Gasteiger partial charge in [-0.05, 0) is 43.2 Å². The summed E-state index contributed by atoms with van der Waals surface area (Å²) in [5.41, 5.74) is 1.49. The zero-order chi connectivity index (χ0) is 22.8. The number of thiophene rings is 1. The van der Waals surface area contributed by atoms with E-state index in [1.165, 1.54) is 49.7 Å². The molecule has 2 amide bonds. The van der Waals surface area contributed by atoms with Gasteiger partial charge in [-0.2, -0.15) is 5.26 Å². The number of nitrogens with one attached hydrogen (secondary N) is 1. The summed E-state index contributed by atoms with van der Waals surface area (Å²) in [7, 11) is -0.726. The van der Waals surface area contributed by atoms with Crippen molar-refractivity contribution in [3.8, 4) is 6.07 Å². The number of rotatable bonds is 5. The van der Waals surface area contributed by atoms with Crippen LogP contribution < -0.4 is 5.32 Å². The number of fused-ring (bicyclic) bond motifs is 1. The molecule has 1 aliphatic heterocycles. The number of ether oxygens (including phenoxy) is 1. The van der Waals surface area contributed by atoms with E-state index < -0.39 is 22.0 Å². The van der Waals surface area contributed by atoms with Crippen LogP contribution in [0.1, 0.15) is 33.3 Å². The Hall–Kier alpha value is -2.94. The Balaban J connectivity index is 1.80. The molecule has 0 radical (unpaired) electrons. The lowest BCUT2D eigenvalue weighted by Crippen LogP contribution is -2.35. The van der Waals surface area contributed by atoms with Crippen molar-refractivity contribution in [1.29, 1.82) is 5.26 Å².